The van der Waals surface area contributed by atoms with Crippen molar-refractivity contribution in [2.45, 2.75) is 39.4 Å². The molecule has 0 spiro atoms. The van der Waals surface area contributed by atoms with Gasteiger partial charge in [0, 0.05) is 30.4 Å². The van der Waals surface area contributed by atoms with Gasteiger partial charge in [0.1, 0.15) is 17.3 Å². The lowest BCUT2D eigenvalue weighted by Crippen LogP contribution is -2.47. The number of nitrogens with one attached hydrogen (secondary N) is 1. The Hall–Kier alpha value is -3.52. The number of imidazole rings is 1. The first-order chi connectivity index (χ1) is 16.0. The quantitative estimate of drug-likeness (QED) is 0.598. The van der Waals surface area contributed by atoms with Gasteiger partial charge >= 0.3 is 0 Å². The summed E-state index contributed by atoms with van der Waals surface area (Å²) in [5, 5.41) is 3.54. The largest absolute Gasteiger partial charge is 0.454 e. The predicted molar refractivity (Wildman–Crippen MR) is 126 cm³/mol. The second kappa shape index (κ2) is 8.78. The van der Waals surface area contributed by atoms with Crippen molar-refractivity contribution in [2.75, 3.05) is 18.7 Å². The van der Waals surface area contributed by atoms with E-state index in [0.717, 1.165) is 40.1 Å². The fourth-order valence-corrected chi connectivity index (χ4v) is 4.40. The first-order valence-electron chi connectivity index (χ1n) is 11.4. The highest BCUT2D eigenvalue weighted by Gasteiger charge is 2.29. The summed E-state index contributed by atoms with van der Waals surface area (Å²) in [5.41, 5.74) is 8.94. The van der Waals surface area contributed by atoms with E-state index in [1.807, 2.05) is 53.4 Å². The standard InChI is InChI=1S/C25H29N5O3/c1-16(2)12-19(26)25(31)29-10-11-30-22(14-29)28-23(17-6-4-3-5-7-17)24(30)27-18-8-9-20-21(13-18)33-15-32-20/h3-9,13,16,19,27H,10-12,14-15,26H2,1-2H3. The second-order valence-electron chi connectivity index (χ2n) is 8.93. The Bertz CT molecular complexity index is 1160. The number of benzene rings is 2. The van der Waals surface area contributed by atoms with Crippen molar-refractivity contribution >= 4 is 17.4 Å². The minimum absolute atomic E-state index is 0.00973. The molecule has 0 aliphatic carbocycles. The minimum atomic E-state index is -0.480. The van der Waals surface area contributed by atoms with Crippen LogP contribution >= 0.6 is 0 Å². The van der Waals surface area contributed by atoms with Crippen LogP contribution in [0.1, 0.15) is 26.1 Å². The van der Waals surface area contributed by atoms with Crippen LogP contribution in [0.2, 0.25) is 0 Å². The third-order valence-corrected chi connectivity index (χ3v) is 6.01. The summed E-state index contributed by atoms with van der Waals surface area (Å²) in [6, 6.07) is 15.4. The molecule has 2 aliphatic rings. The van der Waals surface area contributed by atoms with E-state index in [2.05, 4.69) is 23.7 Å². The monoisotopic (exact) mass is 447 g/mol. The average Bonchev–Trinajstić information content (AvgIpc) is 3.42. The van der Waals surface area contributed by atoms with Crippen LogP contribution in [0.5, 0.6) is 11.5 Å². The molecule has 2 aliphatic heterocycles. The van der Waals surface area contributed by atoms with E-state index in [0.29, 0.717) is 32.0 Å². The van der Waals surface area contributed by atoms with Gasteiger partial charge in [-0.05, 0) is 24.5 Å². The van der Waals surface area contributed by atoms with Gasteiger partial charge in [0.2, 0.25) is 12.7 Å². The Labute approximate surface area is 193 Å². The van der Waals surface area contributed by atoms with Crippen LogP contribution in [0.4, 0.5) is 11.5 Å². The lowest BCUT2D eigenvalue weighted by atomic mass is 10.0. The van der Waals surface area contributed by atoms with Gasteiger partial charge in [-0.15, -0.1) is 0 Å². The second-order valence-corrected chi connectivity index (χ2v) is 8.93. The van der Waals surface area contributed by atoms with Crippen molar-refractivity contribution in [3.63, 3.8) is 0 Å². The molecule has 0 fully saturated rings. The van der Waals surface area contributed by atoms with Crippen molar-refractivity contribution < 1.29 is 14.3 Å². The van der Waals surface area contributed by atoms with Crippen LogP contribution in [0.25, 0.3) is 11.3 Å². The van der Waals surface area contributed by atoms with E-state index in [-0.39, 0.29) is 12.7 Å². The highest BCUT2D eigenvalue weighted by Crippen LogP contribution is 2.38. The molecule has 1 unspecified atom stereocenters. The van der Waals surface area contributed by atoms with Crippen LogP contribution in [0.15, 0.2) is 48.5 Å². The molecule has 33 heavy (non-hydrogen) atoms. The Balaban J connectivity index is 1.47. The number of nitrogens with two attached hydrogens (primary N) is 1. The molecule has 3 N–H and O–H groups in total. The summed E-state index contributed by atoms with van der Waals surface area (Å²) in [6.07, 6.45) is 0.677. The predicted octanol–water partition coefficient (Wildman–Crippen LogP) is 3.74. The van der Waals surface area contributed by atoms with Gasteiger partial charge in [0.15, 0.2) is 11.5 Å². The number of amides is 1. The third-order valence-electron chi connectivity index (χ3n) is 6.01. The zero-order chi connectivity index (χ0) is 22.9. The van der Waals surface area contributed by atoms with Crippen LogP contribution in [-0.4, -0.2) is 39.7 Å². The molecule has 3 heterocycles. The fourth-order valence-electron chi connectivity index (χ4n) is 4.40. The number of aromatic nitrogens is 2. The number of nitrogens with zero attached hydrogens (tertiary/aromatic N) is 3. The van der Waals surface area contributed by atoms with Gasteiger partial charge in [0.05, 0.1) is 12.6 Å². The molecule has 0 saturated carbocycles. The first kappa shape index (κ1) is 21.3. The SMILES string of the molecule is CC(C)CC(N)C(=O)N1CCn2c(nc(-c3ccccc3)c2Nc2ccc3c(c2)OCO3)C1. The summed E-state index contributed by atoms with van der Waals surface area (Å²) in [6.45, 7) is 6.07. The van der Waals surface area contributed by atoms with Crippen LogP contribution in [-0.2, 0) is 17.9 Å². The van der Waals surface area contributed by atoms with Crippen LogP contribution in [0.3, 0.4) is 0 Å². The van der Waals surface area contributed by atoms with Crippen molar-refractivity contribution in [1.29, 1.82) is 0 Å². The van der Waals surface area contributed by atoms with Gasteiger partial charge in [-0.3, -0.25) is 4.79 Å². The molecular formula is C25H29N5O3. The Morgan fingerprint density at radius 2 is 1.91 bits per heavy atom. The molecular weight excluding hydrogens is 418 g/mol. The smallest absolute Gasteiger partial charge is 0.239 e. The molecule has 0 bridgehead atoms. The maximum Gasteiger partial charge on any atom is 0.239 e. The number of hydrogen-bond donors (Lipinski definition) is 2. The van der Waals surface area contributed by atoms with E-state index in [1.54, 1.807) is 0 Å². The van der Waals surface area contributed by atoms with E-state index in [4.69, 9.17) is 20.2 Å². The molecule has 1 amide bonds. The van der Waals surface area contributed by atoms with Crippen LogP contribution in [0, 0.1) is 5.92 Å². The molecule has 5 rings (SSSR count). The van der Waals surface area contributed by atoms with Crippen molar-refractivity contribution in [3.8, 4) is 22.8 Å². The molecule has 1 atom stereocenters. The topological polar surface area (TPSA) is 94.6 Å². The molecule has 0 radical (unpaired) electrons. The average molecular weight is 448 g/mol. The van der Waals surface area contributed by atoms with Crippen molar-refractivity contribution in [1.82, 2.24) is 14.5 Å². The summed E-state index contributed by atoms with van der Waals surface area (Å²) >= 11 is 0. The van der Waals surface area contributed by atoms with Crippen molar-refractivity contribution in [3.05, 3.63) is 54.4 Å². The summed E-state index contributed by atoms with van der Waals surface area (Å²) in [7, 11) is 0. The molecule has 0 saturated heterocycles. The zero-order valence-corrected chi connectivity index (χ0v) is 19.0. The first-order valence-corrected chi connectivity index (χ1v) is 11.4. The zero-order valence-electron chi connectivity index (χ0n) is 19.0. The minimum Gasteiger partial charge on any atom is -0.454 e. The Morgan fingerprint density at radius 1 is 1.12 bits per heavy atom. The summed E-state index contributed by atoms with van der Waals surface area (Å²) in [5.74, 6) is 3.56. The maximum absolute atomic E-state index is 12.9. The molecule has 8 heteroatoms. The van der Waals surface area contributed by atoms with Gasteiger partial charge < -0.3 is 30.0 Å². The maximum atomic E-state index is 12.9. The summed E-state index contributed by atoms with van der Waals surface area (Å²) < 4.78 is 13.1. The number of carbonyl (C=O) groups is 1. The normalized spacial score (nSPS) is 15.5. The Morgan fingerprint density at radius 3 is 2.70 bits per heavy atom. The highest BCUT2D eigenvalue weighted by molar-refractivity contribution is 5.82. The fraction of sp³-hybridized carbons (Fsp3) is 0.360. The highest BCUT2D eigenvalue weighted by atomic mass is 16.7. The number of carbonyl (C=O) groups excluding carboxylic acids is 1. The number of rotatable bonds is 6. The van der Waals surface area contributed by atoms with Gasteiger partial charge in [0.25, 0.3) is 0 Å². The Kier molecular flexibility index (Phi) is 5.68. The van der Waals surface area contributed by atoms with Crippen molar-refractivity contribution in [2.24, 2.45) is 11.7 Å². The number of fused-ring (bicyclic) bond motifs is 2. The lowest BCUT2D eigenvalue weighted by Gasteiger charge is -2.31. The molecule has 8 nitrogen and oxygen atoms in total. The molecule has 172 valence electrons. The third kappa shape index (κ3) is 4.26. The lowest BCUT2D eigenvalue weighted by molar-refractivity contribution is -0.134. The number of anilines is 2. The van der Waals surface area contributed by atoms with E-state index in [1.165, 1.54) is 0 Å². The van der Waals surface area contributed by atoms with Crippen LogP contribution < -0.4 is 20.5 Å². The van der Waals surface area contributed by atoms with Gasteiger partial charge in [-0.25, -0.2) is 4.98 Å². The molecule has 3 aromatic rings. The van der Waals surface area contributed by atoms with Gasteiger partial charge in [-0.1, -0.05) is 44.2 Å². The number of ether oxygens (including phenoxy) is 2. The molecule has 1 aromatic heterocycles. The molecule has 2 aromatic carbocycles. The summed E-state index contributed by atoms with van der Waals surface area (Å²) in [4.78, 5) is 19.7. The number of hydrogen-bond acceptors (Lipinski definition) is 6. The van der Waals surface area contributed by atoms with E-state index >= 15 is 0 Å². The van der Waals surface area contributed by atoms with E-state index < -0.39 is 6.04 Å². The van der Waals surface area contributed by atoms with E-state index in [9.17, 15) is 4.79 Å². The van der Waals surface area contributed by atoms with Gasteiger partial charge in [-0.2, -0.15) is 0 Å².